The van der Waals surface area contributed by atoms with Gasteiger partial charge in [0.1, 0.15) is 0 Å². The number of hydrogen-bond acceptors (Lipinski definition) is 1. The van der Waals surface area contributed by atoms with Crippen molar-refractivity contribution in [3.8, 4) is 0 Å². The molecular formula is C23H14BrCl2NO. The normalized spacial score (nSPS) is 15.2. The van der Waals surface area contributed by atoms with Gasteiger partial charge in [-0.2, -0.15) is 0 Å². The summed E-state index contributed by atoms with van der Waals surface area (Å²) in [5, 5.41) is 1.06. The molecule has 0 atom stereocenters. The summed E-state index contributed by atoms with van der Waals surface area (Å²) in [4.78, 5) is 15.0. The summed E-state index contributed by atoms with van der Waals surface area (Å²) in [7, 11) is 0. The quantitative estimate of drug-likeness (QED) is 0.370. The summed E-state index contributed by atoms with van der Waals surface area (Å²) in [5.74, 6) is -0.108. The molecule has 0 aromatic heterocycles. The van der Waals surface area contributed by atoms with Crippen LogP contribution in [0.1, 0.15) is 11.1 Å². The monoisotopic (exact) mass is 469 g/mol. The van der Waals surface area contributed by atoms with E-state index in [4.69, 9.17) is 23.2 Å². The standard InChI is InChI=1S/C23H14BrCl2NO/c24-18-7-4-8-20(13-18)27-22(15-5-2-1-3-6-15)12-17(23(27)28)11-16-9-10-19(25)14-21(16)26/h1-14H/b17-11+. The Bertz CT molecular complexity index is 1120. The highest BCUT2D eigenvalue weighted by atomic mass is 79.9. The van der Waals surface area contributed by atoms with Gasteiger partial charge in [-0.3, -0.25) is 9.69 Å². The smallest absolute Gasteiger partial charge is 0.262 e. The Hall–Kier alpha value is -2.33. The number of benzene rings is 3. The van der Waals surface area contributed by atoms with E-state index in [1.807, 2.05) is 66.7 Å². The van der Waals surface area contributed by atoms with Crippen LogP contribution >= 0.6 is 39.1 Å². The van der Waals surface area contributed by atoms with Crippen molar-refractivity contribution in [2.45, 2.75) is 0 Å². The zero-order valence-corrected chi connectivity index (χ0v) is 17.7. The van der Waals surface area contributed by atoms with E-state index < -0.39 is 0 Å². The molecule has 0 saturated heterocycles. The highest BCUT2D eigenvalue weighted by Crippen LogP contribution is 2.36. The summed E-state index contributed by atoms with van der Waals surface area (Å²) < 4.78 is 0.906. The van der Waals surface area contributed by atoms with Crippen molar-refractivity contribution < 1.29 is 4.79 Å². The summed E-state index contributed by atoms with van der Waals surface area (Å²) in [5.41, 5.74) is 3.87. The molecule has 0 fully saturated rings. The number of carbonyl (C=O) groups excluding carboxylic acids is 1. The number of halogens is 3. The molecule has 0 spiro atoms. The van der Waals surface area contributed by atoms with Gasteiger partial charge in [-0.15, -0.1) is 0 Å². The zero-order chi connectivity index (χ0) is 19.7. The molecule has 28 heavy (non-hydrogen) atoms. The highest BCUT2D eigenvalue weighted by molar-refractivity contribution is 9.10. The van der Waals surface area contributed by atoms with Crippen LogP contribution in [0.3, 0.4) is 0 Å². The molecule has 0 unspecified atom stereocenters. The second-order valence-corrected chi connectivity index (χ2v) is 8.04. The molecule has 138 valence electrons. The van der Waals surface area contributed by atoms with E-state index in [0.717, 1.165) is 27.0 Å². The zero-order valence-electron chi connectivity index (χ0n) is 14.6. The summed E-state index contributed by atoms with van der Waals surface area (Å²) in [6.45, 7) is 0. The molecule has 1 amide bonds. The molecule has 2 nitrogen and oxygen atoms in total. The van der Waals surface area contributed by atoms with Crippen molar-refractivity contribution in [3.63, 3.8) is 0 Å². The van der Waals surface area contributed by atoms with Gasteiger partial charge in [0.2, 0.25) is 0 Å². The third-order valence-electron chi connectivity index (χ3n) is 4.39. The van der Waals surface area contributed by atoms with Crippen LogP contribution in [0.2, 0.25) is 10.0 Å². The van der Waals surface area contributed by atoms with Crippen LogP contribution in [-0.4, -0.2) is 5.91 Å². The number of amides is 1. The molecular weight excluding hydrogens is 457 g/mol. The van der Waals surface area contributed by atoms with Crippen molar-refractivity contribution in [1.82, 2.24) is 0 Å². The maximum atomic E-state index is 13.3. The van der Waals surface area contributed by atoms with Crippen LogP contribution in [-0.2, 0) is 4.79 Å². The van der Waals surface area contributed by atoms with E-state index in [-0.39, 0.29) is 5.91 Å². The average molecular weight is 471 g/mol. The fraction of sp³-hybridized carbons (Fsp3) is 0. The molecule has 0 bridgehead atoms. The fourth-order valence-electron chi connectivity index (χ4n) is 3.09. The van der Waals surface area contributed by atoms with E-state index >= 15 is 0 Å². The number of anilines is 1. The Kier molecular flexibility index (Phi) is 5.40. The van der Waals surface area contributed by atoms with E-state index in [9.17, 15) is 4.79 Å². The molecule has 3 aromatic rings. The van der Waals surface area contributed by atoms with Crippen LogP contribution < -0.4 is 4.90 Å². The minimum Gasteiger partial charge on any atom is -0.276 e. The Morgan fingerprint density at radius 1 is 0.893 bits per heavy atom. The van der Waals surface area contributed by atoms with E-state index in [2.05, 4.69) is 15.9 Å². The number of hydrogen-bond donors (Lipinski definition) is 0. The van der Waals surface area contributed by atoms with Crippen molar-refractivity contribution in [2.24, 2.45) is 0 Å². The van der Waals surface area contributed by atoms with Crippen molar-refractivity contribution in [3.05, 3.63) is 110 Å². The molecule has 1 heterocycles. The van der Waals surface area contributed by atoms with Gasteiger partial charge in [0.15, 0.2) is 0 Å². The first-order chi connectivity index (χ1) is 13.5. The third kappa shape index (κ3) is 3.79. The first-order valence-corrected chi connectivity index (χ1v) is 10.1. The molecule has 1 aliphatic rings. The van der Waals surface area contributed by atoms with Gasteiger partial charge in [0, 0.05) is 20.1 Å². The Morgan fingerprint density at radius 2 is 1.68 bits per heavy atom. The lowest BCUT2D eigenvalue weighted by atomic mass is 10.1. The predicted molar refractivity (Wildman–Crippen MR) is 120 cm³/mol. The second-order valence-electron chi connectivity index (χ2n) is 6.28. The summed E-state index contributed by atoms with van der Waals surface area (Å²) in [6.07, 6.45) is 3.69. The summed E-state index contributed by atoms with van der Waals surface area (Å²) in [6, 6.07) is 22.8. The van der Waals surface area contributed by atoms with Crippen molar-refractivity contribution >= 4 is 62.5 Å². The SMILES string of the molecule is O=C1/C(=C/c2ccc(Cl)cc2Cl)C=C(c2ccccc2)N1c1cccc(Br)c1. The van der Waals surface area contributed by atoms with Gasteiger partial charge in [-0.25, -0.2) is 0 Å². The molecule has 4 rings (SSSR count). The fourth-order valence-corrected chi connectivity index (χ4v) is 3.94. The molecule has 0 aliphatic carbocycles. The van der Waals surface area contributed by atoms with Gasteiger partial charge in [0.25, 0.3) is 5.91 Å². The van der Waals surface area contributed by atoms with Gasteiger partial charge in [-0.05, 0) is 53.6 Å². The topological polar surface area (TPSA) is 20.3 Å². The Labute approximate surface area is 181 Å². The Morgan fingerprint density at radius 3 is 2.39 bits per heavy atom. The van der Waals surface area contributed by atoms with Crippen LogP contribution in [0, 0.1) is 0 Å². The number of carbonyl (C=O) groups is 1. The minimum atomic E-state index is -0.108. The number of rotatable bonds is 3. The molecule has 0 saturated carbocycles. The van der Waals surface area contributed by atoms with E-state index in [1.54, 1.807) is 23.1 Å². The highest BCUT2D eigenvalue weighted by Gasteiger charge is 2.30. The first-order valence-electron chi connectivity index (χ1n) is 8.57. The lowest BCUT2D eigenvalue weighted by molar-refractivity contribution is -0.113. The molecule has 0 N–H and O–H groups in total. The maximum Gasteiger partial charge on any atom is 0.262 e. The minimum absolute atomic E-state index is 0.108. The lowest BCUT2D eigenvalue weighted by Crippen LogP contribution is -2.24. The van der Waals surface area contributed by atoms with Crippen LogP contribution in [0.25, 0.3) is 11.8 Å². The second kappa shape index (κ2) is 7.96. The van der Waals surface area contributed by atoms with Crippen molar-refractivity contribution in [2.75, 3.05) is 4.90 Å². The predicted octanol–water partition coefficient (Wildman–Crippen LogP) is 7.23. The van der Waals surface area contributed by atoms with Crippen LogP contribution in [0.5, 0.6) is 0 Å². The maximum absolute atomic E-state index is 13.3. The molecule has 0 radical (unpaired) electrons. The van der Waals surface area contributed by atoms with Gasteiger partial charge in [0.05, 0.1) is 11.4 Å². The molecule has 5 heteroatoms. The number of nitrogens with zero attached hydrogens (tertiary/aromatic N) is 1. The van der Waals surface area contributed by atoms with Crippen molar-refractivity contribution in [1.29, 1.82) is 0 Å². The molecule has 3 aromatic carbocycles. The van der Waals surface area contributed by atoms with Gasteiger partial charge >= 0.3 is 0 Å². The van der Waals surface area contributed by atoms with E-state index in [0.29, 0.717) is 15.6 Å². The van der Waals surface area contributed by atoms with Crippen LogP contribution in [0.15, 0.2) is 88.9 Å². The molecule has 1 aliphatic heterocycles. The largest absolute Gasteiger partial charge is 0.276 e. The average Bonchev–Trinajstić information content (AvgIpc) is 3.01. The lowest BCUT2D eigenvalue weighted by Gasteiger charge is -2.21. The van der Waals surface area contributed by atoms with Gasteiger partial charge in [-0.1, -0.05) is 81.6 Å². The van der Waals surface area contributed by atoms with E-state index in [1.165, 1.54) is 0 Å². The van der Waals surface area contributed by atoms with Crippen LogP contribution in [0.4, 0.5) is 5.69 Å². The Balaban J connectivity index is 1.84. The van der Waals surface area contributed by atoms with Gasteiger partial charge < -0.3 is 0 Å². The summed E-state index contributed by atoms with van der Waals surface area (Å²) >= 11 is 15.8. The first kappa shape index (κ1) is 19.0. The third-order valence-corrected chi connectivity index (χ3v) is 5.45.